The van der Waals surface area contributed by atoms with Crippen LogP contribution in [-0.4, -0.2) is 12.1 Å². The highest BCUT2D eigenvalue weighted by Gasteiger charge is 2.08. The molecule has 0 radical (unpaired) electrons. The first-order valence-electron chi connectivity index (χ1n) is 5.32. The molecule has 1 heterocycles. The molecule has 0 bridgehead atoms. The Morgan fingerprint density at radius 3 is 2.56 bits per heavy atom. The highest BCUT2D eigenvalue weighted by atomic mass is 16.5. The fourth-order valence-corrected chi connectivity index (χ4v) is 1.61. The fourth-order valence-electron chi connectivity index (χ4n) is 1.61. The van der Waals surface area contributed by atoms with Crippen molar-refractivity contribution in [2.45, 2.75) is 20.8 Å². The first kappa shape index (κ1) is 12.1. The van der Waals surface area contributed by atoms with Crippen molar-refractivity contribution in [3.05, 3.63) is 29.5 Å². The van der Waals surface area contributed by atoms with Gasteiger partial charge in [-0.1, -0.05) is 13.8 Å². The summed E-state index contributed by atoms with van der Waals surface area (Å²) in [4.78, 5) is 3.18. The molecule has 1 aromatic carbocycles. The van der Waals surface area contributed by atoms with Gasteiger partial charge in [0.15, 0.2) is 0 Å². The number of nitriles is 1. The second-order valence-corrected chi connectivity index (χ2v) is 3.17. The van der Waals surface area contributed by atoms with E-state index in [1.807, 2.05) is 32.9 Å². The maximum atomic E-state index is 9.01. The van der Waals surface area contributed by atoms with E-state index >= 15 is 0 Å². The number of rotatable bonds is 1. The van der Waals surface area contributed by atoms with Crippen molar-refractivity contribution in [3.8, 4) is 11.8 Å². The molecule has 16 heavy (non-hydrogen) atoms. The Labute approximate surface area is 95.7 Å². The van der Waals surface area contributed by atoms with Crippen molar-refractivity contribution in [2.75, 3.05) is 7.11 Å². The molecule has 0 aliphatic heterocycles. The summed E-state index contributed by atoms with van der Waals surface area (Å²) in [5.41, 5.74) is 2.61. The largest absolute Gasteiger partial charge is 0.495 e. The number of aromatic nitrogens is 1. The molecule has 0 spiro atoms. The van der Waals surface area contributed by atoms with Crippen molar-refractivity contribution in [2.24, 2.45) is 0 Å². The maximum Gasteiger partial charge on any atom is 0.137 e. The Balaban J connectivity index is 0.000000606. The molecule has 0 amide bonds. The number of aromatic amines is 1. The van der Waals surface area contributed by atoms with Gasteiger partial charge >= 0.3 is 0 Å². The number of fused-ring (bicyclic) bond motifs is 1. The Kier molecular flexibility index (Phi) is 3.96. The minimum atomic E-state index is 0.592. The molecule has 0 aliphatic carbocycles. The van der Waals surface area contributed by atoms with Gasteiger partial charge in [-0.15, -0.1) is 0 Å². The molecule has 1 N–H and O–H groups in total. The monoisotopic (exact) mass is 216 g/mol. The molecule has 84 valence electrons. The van der Waals surface area contributed by atoms with Crippen LogP contribution in [0.4, 0.5) is 0 Å². The van der Waals surface area contributed by atoms with Gasteiger partial charge in [0, 0.05) is 16.6 Å². The third kappa shape index (κ3) is 2.01. The number of methoxy groups -OCH3 is 1. The molecular formula is C13H16N2O. The summed E-state index contributed by atoms with van der Waals surface area (Å²) in [6, 6.07) is 7.83. The number of H-pyrrole nitrogens is 1. The zero-order chi connectivity index (χ0) is 12.1. The van der Waals surface area contributed by atoms with E-state index in [4.69, 9.17) is 10.00 Å². The molecule has 0 fully saturated rings. The SMILES string of the molecule is CC.COc1ccc2[nH]c(C)cc2c1C#N. The van der Waals surface area contributed by atoms with Crippen LogP contribution in [0.15, 0.2) is 18.2 Å². The van der Waals surface area contributed by atoms with Crippen LogP contribution in [0.5, 0.6) is 5.75 Å². The molecule has 3 nitrogen and oxygen atoms in total. The van der Waals surface area contributed by atoms with Crippen LogP contribution in [0.25, 0.3) is 10.9 Å². The molecule has 0 saturated heterocycles. The number of ether oxygens (including phenoxy) is 1. The number of nitrogens with zero attached hydrogens (tertiary/aromatic N) is 1. The van der Waals surface area contributed by atoms with Gasteiger partial charge in [0.1, 0.15) is 17.4 Å². The Morgan fingerprint density at radius 1 is 1.31 bits per heavy atom. The molecule has 0 atom stereocenters. The topological polar surface area (TPSA) is 48.8 Å². The lowest BCUT2D eigenvalue weighted by molar-refractivity contribution is 0.414. The Hall–Kier alpha value is -1.95. The van der Waals surface area contributed by atoms with Crippen molar-refractivity contribution >= 4 is 10.9 Å². The van der Waals surface area contributed by atoms with E-state index in [9.17, 15) is 0 Å². The van der Waals surface area contributed by atoms with E-state index in [0.717, 1.165) is 16.6 Å². The minimum Gasteiger partial charge on any atom is -0.495 e. The van der Waals surface area contributed by atoms with Crippen LogP contribution >= 0.6 is 0 Å². The second kappa shape index (κ2) is 5.22. The van der Waals surface area contributed by atoms with Gasteiger partial charge in [0.25, 0.3) is 0 Å². The predicted molar refractivity (Wildman–Crippen MR) is 65.7 cm³/mol. The molecule has 2 aromatic rings. The summed E-state index contributed by atoms with van der Waals surface area (Å²) in [5, 5.41) is 9.93. The third-order valence-electron chi connectivity index (χ3n) is 2.23. The molecule has 2 rings (SSSR count). The molecule has 0 unspecified atom stereocenters. The minimum absolute atomic E-state index is 0.592. The number of nitrogens with one attached hydrogen (secondary N) is 1. The standard InChI is InChI=1S/C11H10N2O.C2H6/c1-7-5-8-9(6-12)11(14-2)4-3-10(8)13-7;1-2/h3-5,13H,1-2H3;1-2H3. The summed E-state index contributed by atoms with van der Waals surface area (Å²) in [6.07, 6.45) is 0. The Bertz CT molecular complexity index is 520. The van der Waals surface area contributed by atoms with E-state index in [-0.39, 0.29) is 0 Å². The van der Waals surface area contributed by atoms with E-state index in [1.165, 1.54) is 0 Å². The van der Waals surface area contributed by atoms with E-state index in [1.54, 1.807) is 13.2 Å². The lowest BCUT2D eigenvalue weighted by Crippen LogP contribution is -1.87. The zero-order valence-corrected chi connectivity index (χ0v) is 10.1. The fraction of sp³-hybridized carbons (Fsp3) is 0.308. The maximum absolute atomic E-state index is 9.01. The van der Waals surface area contributed by atoms with Crippen molar-refractivity contribution in [1.29, 1.82) is 5.26 Å². The lowest BCUT2D eigenvalue weighted by Gasteiger charge is -2.02. The van der Waals surface area contributed by atoms with E-state index in [2.05, 4.69) is 11.1 Å². The van der Waals surface area contributed by atoms with Gasteiger partial charge < -0.3 is 9.72 Å². The van der Waals surface area contributed by atoms with Gasteiger partial charge in [-0.05, 0) is 25.1 Å². The van der Waals surface area contributed by atoms with Crippen LogP contribution in [0.3, 0.4) is 0 Å². The predicted octanol–water partition coefficient (Wildman–Crippen LogP) is 3.38. The van der Waals surface area contributed by atoms with E-state index < -0.39 is 0 Å². The van der Waals surface area contributed by atoms with Gasteiger partial charge in [-0.25, -0.2) is 0 Å². The molecule has 0 saturated carbocycles. The summed E-state index contributed by atoms with van der Waals surface area (Å²) >= 11 is 0. The van der Waals surface area contributed by atoms with Crippen LogP contribution in [0, 0.1) is 18.3 Å². The summed E-state index contributed by atoms with van der Waals surface area (Å²) < 4.78 is 5.12. The quantitative estimate of drug-likeness (QED) is 0.794. The molecule has 1 aromatic heterocycles. The number of aryl methyl sites for hydroxylation is 1. The van der Waals surface area contributed by atoms with Gasteiger partial charge in [-0.3, -0.25) is 0 Å². The van der Waals surface area contributed by atoms with Crippen LogP contribution in [0.1, 0.15) is 25.1 Å². The average molecular weight is 216 g/mol. The molecular weight excluding hydrogens is 200 g/mol. The van der Waals surface area contributed by atoms with Crippen LogP contribution in [0.2, 0.25) is 0 Å². The first-order valence-corrected chi connectivity index (χ1v) is 5.32. The summed E-state index contributed by atoms with van der Waals surface area (Å²) in [5.74, 6) is 0.624. The number of hydrogen-bond donors (Lipinski definition) is 1. The number of hydrogen-bond acceptors (Lipinski definition) is 2. The van der Waals surface area contributed by atoms with E-state index in [0.29, 0.717) is 11.3 Å². The average Bonchev–Trinajstić information content (AvgIpc) is 2.70. The summed E-state index contributed by atoms with van der Waals surface area (Å²) in [7, 11) is 1.57. The smallest absolute Gasteiger partial charge is 0.137 e. The van der Waals surface area contributed by atoms with Gasteiger partial charge in [0.05, 0.1) is 7.11 Å². The molecule has 3 heteroatoms. The van der Waals surface area contributed by atoms with Crippen molar-refractivity contribution in [3.63, 3.8) is 0 Å². The number of benzene rings is 1. The second-order valence-electron chi connectivity index (χ2n) is 3.17. The van der Waals surface area contributed by atoms with Crippen LogP contribution in [-0.2, 0) is 0 Å². The van der Waals surface area contributed by atoms with Gasteiger partial charge in [-0.2, -0.15) is 5.26 Å². The molecule has 0 aliphatic rings. The third-order valence-corrected chi connectivity index (χ3v) is 2.23. The highest BCUT2D eigenvalue weighted by molar-refractivity contribution is 5.88. The normalized spacial score (nSPS) is 9.19. The zero-order valence-electron chi connectivity index (χ0n) is 10.1. The van der Waals surface area contributed by atoms with Crippen LogP contribution < -0.4 is 4.74 Å². The highest BCUT2D eigenvalue weighted by Crippen LogP contribution is 2.27. The first-order chi connectivity index (χ1) is 7.76. The Morgan fingerprint density at radius 2 is 2.00 bits per heavy atom. The van der Waals surface area contributed by atoms with Crippen molar-refractivity contribution in [1.82, 2.24) is 4.98 Å². The summed E-state index contributed by atoms with van der Waals surface area (Å²) in [6.45, 7) is 5.97. The van der Waals surface area contributed by atoms with Gasteiger partial charge in [0.2, 0.25) is 0 Å². The lowest BCUT2D eigenvalue weighted by atomic mass is 10.1. The van der Waals surface area contributed by atoms with Crippen molar-refractivity contribution < 1.29 is 4.74 Å².